The number of benzene rings is 1. The van der Waals surface area contributed by atoms with E-state index in [4.69, 9.17) is 0 Å². The van der Waals surface area contributed by atoms with Gasteiger partial charge in [-0.15, -0.1) is 0 Å². The molecule has 0 saturated heterocycles. The smallest absolute Gasteiger partial charge is 0.267 e. The van der Waals surface area contributed by atoms with E-state index in [1.54, 1.807) is 36.5 Å². The van der Waals surface area contributed by atoms with Crippen molar-refractivity contribution in [3.05, 3.63) is 59.1 Å². The van der Waals surface area contributed by atoms with Crippen LogP contribution in [0.4, 0.5) is 13.2 Å². The Morgan fingerprint density at radius 2 is 1.77 bits per heavy atom. The predicted octanol–water partition coefficient (Wildman–Crippen LogP) is 3.02. The first-order valence-electron chi connectivity index (χ1n) is 6.43. The molecule has 3 aromatic rings. The molecule has 0 amide bonds. The van der Waals surface area contributed by atoms with E-state index in [9.17, 15) is 18.0 Å². The third-order valence-electron chi connectivity index (χ3n) is 3.13. The number of hydrogen-bond acceptors (Lipinski definition) is 3. The molecule has 0 spiro atoms. The van der Waals surface area contributed by atoms with E-state index in [-0.39, 0.29) is 5.39 Å². The number of aromatic nitrogens is 3. The highest BCUT2D eigenvalue weighted by molar-refractivity contribution is 5.93. The molecule has 0 unspecified atom stereocenters. The molecule has 0 atom stereocenters. The molecular formula is C15H10F3N3O. The number of alkyl halides is 3. The normalized spacial score (nSPS) is 11.8. The van der Waals surface area contributed by atoms with Gasteiger partial charge in [0.2, 0.25) is 0 Å². The Balaban J connectivity index is 2.31. The molecular weight excluding hydrogens is 295 g/mol. The quantitative estimate of drug-likeness (QED) is 0.731. The molecule has 1 aromatic carbocycles. The van der Waals surface area contributed by atoms with Gasteiger partial charge in [-0.1, -0.05) is 18.2 Å². The topological polar surface area (TPSA) is 47.8 Å². The number of hydrogen-bond donors (Lipinski definition) is 0. The maximum absolute atomic E-state index is 12.6. The monoisotopic (exact) mass is 305 g/mol. The molecule has 0 N–H and O–H groups in total. The summed E-state index contributed by atoms with van der Waals surface area (Å²) in [4.78, 5) is 16.1. The third-order valence-corrected chi connectivity index (χ3v) is 3.13. The summed E-state index contributed by atoms with van der Waals surface area (Å²) in [7, 11) is 0. The molecule has 2 heterocycles. The highest BCUT2D eigenvalue weighted by atomic mass is 19.4. The van der Waals surface area contributed by atoms with Gasteiger partial charge in [-0.05, 0) is 18.2 Å². The number of halogens is 3. The van der Waals surface area contributed by atoms with Crippen molar-refractivity contribution in [2.45, 2.75) is 12.7 Å². The van der Waals surface area contributed by atoms with Crippen LogP contribution in [-0.2, 0) is 6.54 Å². The maximum Gasteiger partial charge on any atom is 0.408 e. The van der Waals surface area contributed by atoms with Crippen molar-refractivity contribution < 1.29 is 13.2 Å². The van der Waals surface area contributed by atoms with E-state index >= 15 is 0 Å². The second-order valence-electron chi connectivity index (χ2n) is 4.71. The van der Waals surface area contributed by atoms with E-state index in [0.29, 0.717) is 21.3 Å². The van der Waals surface area contributed by atoms with Crippen molar-refractivity contribution in [3.63, 3.8) is 0 Å². The van der Waals surface area contributed by atoms with E-state index < -0.39 is 18.3 Å². The third kappa shape index (κ3) is 2.69. The fourth-order valence-electron chi connectivity index (χ4n) is 2.23. The van der Waals surface area contributed by atoms with Gasteiger partial charge in [0, 0.05) is 23.3 Å². The van der Waals surface area contributed by atoms with Gasteiger partial charge < -0.3 is 0 Å². The fraction of sp³-hybridized carbons (Fsp3) is 0.133. The molecule has 0 saturated carbocycles. The first kappa shape index (κ1) is 14.2. The molecule has 0 bridgehead atoms. The van der Waals surface area contributed by atoms with Gasteiger partial charge in [0.1, 0.15) is 12.2 Å². The van der Waals surface area contributed by atoms with Crippen LogP contribution in [-0.4, -0.2) is 20.9 Å². The van der Waals surface area contributed by atoms with E-state index in [0.717, 1.165) is 0 Å². The first-order valence-corrected chi connectivity index (χ1v) is 6.43. The van der Waals surface area contributed by atoms with Crippen LogP contribution in [0.25, 0.3) is 22.0 Å². The molecule has 112 valence electrons. The van der Waals surface area contributed by atoms with Crippen LogP contribution in [0.1, 0.15) is 0 Å². The zero-order chi connectivity index (χ0) is 15.7. The molecule has 2 aromatic heterocycles. The number of rotatable bonds is 2. The van der Waals surface area contributed by atoms with Gasteiger partial charge in [0.25, 0.3) is 5.56 Å². The lowest BCUT2D eigenvalue weighted by Gasteiger charge is -2.12. The van der Waals surface area contributed by atoms with Crippen LogP contribution in [0.5, 0.6) is 0 Å². The predicted molar refractivity (Wildman–Crippen MR) is 75.3 cm³/mol. The van der Waals surface area contributed by atoms with Crippen LogP contribution >= 0.6 is 0 Å². The van der Waals surface area contributed by atoms with Crippen molar-refractivity contribution in [2.24, 2.45) is 0 Å². The summed E-state index contributed by atoms with van der Waals surface area (Å²) in [6.07, 6.45) is -1.47. The van der Waals surface area contributed by atoms with E-state index in [1.165, 1.54) is 12.3 Å². The van der Waals surface area contributed by atoms with Gasteiger partial charge in [-0.3, -0.25) is 9.78 Å². The summed E-state index contributed by atoms with van der Waals surface area (Å²) in [5.74, 6) is 0. The standard InChI is InChI=1S/C15H10F3N3O/c16-15(17,18)9-21-14(22)12-6-2-1-5-11(12)13(20-21)10-4-3-7-19-8-10/h1-8H,9H2. The summed E-state index contributed by atoms with van der Waals surface area (Å²) >= 11 is 0. The van der Waals surface area contributed by atoms with Crippen molar-refractivity contribution in [1.29, 1.82) is 0 Å². The average molecular weight is 305 g/mol. The number of fused-ring (bicyclic) bond motifs is 1. The molecule has 3 rings (SSSR count). The Morgan fingerprint density at radius 1 is 1.05 bits per heavy atom. The van der Waals surface area contributed by atoms with Crippen LogP contribution in [0.15, 0.2) is 53.6 Å². The summed E-state index contributed by atoms with van der Waals surface area (Å²) in [6, 6.07) is 9.80. The van der Waals surface area contributed by atoms with Crippen LogP contribution in [0.2, 0.25) is 0 Å². The summed E-state index contributed by atoms with van der Waals surface area (Å²) in [6.45, 7) is -1.43. The fourth-order valence-corrected chi connectivity index (χ4v) is 2.23. The lowest BCUT2D eigenvalue weighted by molar-refractivity contribution is -0.143. The van der Waals surface area contributed by atoms with E-state index in [2.05, 4.69) is 10.1 Å². The van der Waals surface area contributed by atoms with Crippen molar-refractivity contribution >= 4 is 10.8 Å². The Hall–Kier alpha value is -2.70. The molecule has 0 fully saturated rings. The average Bonchev–Trinajstić information content (AvgIpc) is 2.50. The van der Waals surface area contributed by atoms with Gasteiger partial charge in [-0.2, -0.15) is 18.3 Å². The largest absolute Gasteiger partial charge is 0.408 e. The summed E-state index contributed by atoms with van der Waals surface area (Å²) < 4.78 is 38.4. The minimum atomic E-state index is -4.52. The lowest BCUT2D eigenvalue weighted by Crippen LogP contribution is -2.30. The highest BCUT2D eigenvalue weighted by Gasteiger charge is 2.30. The van der Waals surface area contributed by atoms with Gasteiger partial charge in [-0.25, -0.2) is 4.68 Å². The molecule has 0 aliphatic rings. The first-order chi connectivity index (χ1) is 10.5. The molecule has 7 heteroatoms. The Morgan fingerprint density at radius 3 is 2.41 bits per heavy atom. The van der Waals surface area contributed by atoms with Crippen molar-refractivity contribution in [1.82, 2.24) is 14.8 Å². The van der Waals surface area contributed by atoms with Crippen LogP contribution in [0.3, 0.4) is 0 Å². The maximum atomic E-state index is 12.6. The Kier molecular flexibility index (Phi) is 3.40. The van der Waals surface area contributed by atoms with Gasteiger partial charge in [0.05, 0.1) is 5.39 Å². The van der Waals surface area contributed by atoms with Crippen molar-refractivity contribution in [3.8, 4) is 11.3 Å². The number of nitrogens with zero attached hydrogens (tertiary/aromatic N) is 3. The minimum Gasteiger partial charge on any atom is -0.267 e. The van der Waals surface area contributed by atoms with Crippen molar-refractivity contribution in [2.75, 3.05) is 0 Å². The molecule has 22 heavy (non-hydrogen) atoms. The zero-order valence-electron chi connectivity index (χ0n) is 11.2. The van der Waals surface area contributed by atoms with Gasteiger partial charge in [0.15, 0.2) is 0 Å². The summed E-state index contributed by atoms with van der Waals surface area (Å²) in [5, 5.41) is 4.59. The van der Waals surface area contributed by atoms with Gasteiger partial charge >= 0.3 is 6.18 Å². The second kappa shape index (κ2) is 5.25. The molecule has 0 aliphatic heterocycles. The highest BCUT2D eigenvalue weighted by Crippen LogP contribution is 2.24. The lowest BCUT2D eigenvalue weighted by atomic mass is 10.1. The SMILES string of the molecule is O=c1c2ccccc2c(-c2cccnc2)nn1CC(F)(F)F. The molecule has 0 aliphatic carbocycles. The molecule has 4 nitrogen and oxygen atoms in total. The van der Waals surface area contributed by atoms with Crippen LogP contribution < -0.4 is 5.56 Å². The Labute approximate surface area is 122 Å². The Bertz CT molecular complexity index is 873. The van der Waals surface area contributed by atoms with E-state index in [1.807, 2.05) is 0 Å². The summed E-state index contributed by atoms with van der Waals surface area (Å²) in [5.41, 5.74) is 0.0859. The van der Waals surface area contributed by atoms with Crippen LogP contribution in [0, 0.1) is 0 Å². The second-order valence-corrected chi connectivity index (χ2v) is 4.71. The number of pyridine rings is 1. The minimum absolute atomic E-state index is 0.195. The zero-order valence-corrected chi connectivity index (χ0v) is 11.2. The molecule has 0 radical (unpaired) electrons.